The third-order valence-corrected chi connectivity index (χ3v) is 12.7. The number of ether oxygens (including phenoxy) is 1. The molecular formula is C31H37F2N4O8PS. The number of halogens is 2. The maximum atomic E-state index is 14.3. The largest absolute Gasteiger partial charge is 0.399 e. The minimum atomic E-state index is -5.76. The van der Waals surface area contributed by atoms with Gasteiger partial charge in [-0.3, -0.25) is 23.7 Å². The zero-order valence-corrected chi connectivity index (χ0v) is 27.4. The minimum Gasteiger partial charge on any atom is -0.380 e. The number of fused-ring (bicyclic) bond motifs is 3. The normalized spacial score (nSPS) is 29.6. The Balaban J connectivity index is 1.04. The molecule has 47 heavy (non-hydrogen) atoms. The van der Waals surface area contributed by atoms with Crippen LogP contribution in [-0.2, 0) is 29.3 Å². The number of hydrogen-bond donors (Lipinski definition) is 3. The topological polar surface area (TPSA) is 157 Å². The van der Waals surface area contributed by atoms with Gasteiger partial charge in [0.2, 0.25) is 17.7 Å². The van der Waals surface area contributed by atoms with Crippen LogP contribution in [0.4, 0.5) is 8.78 Å². The minimum absolute atomic E-state index is 0.0238. The van der Waals surface area contributed by atoms with Gasteiger partial charge in [-0.2, -0.15) is 8.78 Å². The molecule has 6 atom stereocenters. The van der Waals surface area contributed by atoms with Gasteiger partial charge < -0.3 is 34.5 Å². The zero-order chi connectivity index (χ0) is 33.4. The average Bonchev–Trinajstić information content (AvgIpc) is 3.39. The summed E-state index contributed by atoms with van der Waals surface area (Å²) >= 11 is 1.02. The molecule has 0 spiro atoms. The van der Waals surface area contributed by atoms with Crippen LogP contribution in [0, 0.1) is 17.8 Å². The van der Waals surface area contributed by atoms with Crippen LogP contribution in [0.1, 0.15) is 53.8 Å². The number of rotatable bonds is 7. The fourth-order valence-electron chi connectivity index (χ4n) is 7.78. The fourth-order valence-corrected chi connectivity index (χ4v) is 9.20. The van der Waals surface area contributed by atoms with Crippen LogP contribution in [0.3, 0.4) is 0 Å². The predicted molar refractivity (Wildman–Crippen MR) is 166 cm³/mol. The van der Waals surface area contributed by atoms with Gasteiger partial charge in [0.15, 0.2) is 0 Å². The number of nitrogens with one attached hydrogen (secondary N) is 1. The summed E-state index contributed by atoms with van der Waals surface area (Å²) in [6.45, 7) is 1.82. The van der Waals surface area contributed by atoms with Crippen LogP contribution in [0.15, 0.2) is 24.3 Å². The molecule has 7 rings (SSSR count). The summed E-state index contributed by atoms with van der Waals surface area (Å²) in [5, 5.41) is 3.07. The Morgan fingerprint density at radius 3 is 2.45 bits per heavy atom. The molecule has 4 saturated heterocycles. The molecular weight excluding hydrogens is 657 g/mol. The van der Waals surface area contributed by atoms with Gasteiger partial charge in [-0.15, -0.1) is 11.3 Å². The molecule has 1 aliphatic carbocycles. The molecule has 2 aromatic rings. The molecule has 0 unspecified atom stereocenters. The van der Waals surface area contributed by atoms with E-state index >= 15 is 0 Å². The summed E-state index contributed by atoms with van der Waals surface area (Å²) in [6.07, 6.45) is 4.22. The van der Waals surface area contributed by atoms with E-state index in [0.29, 0.717) is 56.1 Å². The lowest BCUT2D eigenvalue weighted by molar-refractivity contribution is -0.155. The highest BCUT2D eigenvalue weighted by molar-refractivity contribution is 7.52. The molecule has 0 radical (unpaired) electrons. The lowest BCUT2D eigenvalue weighted by Gasteiger charge is -2.43. The second-order valence-corrected chi connectivity index (χ2v) is 16.3. The smallest absolute Gasteiger partial charge is 0.380 e. The SMILES string of the molecule is CO[C@@H]1CCN(C(=O)C2CN(C(=O)[C@@H]3CC[C@@H]4C[C@H]5C[C@H]5C[C@H](NC(=O)c5cc6cc(C(F)(F)P(=O)(O)O)ccc6s5)C(=O)N43)C2)C1. The van der Waals surface area contributed by atoms with Crippen LogP contribution in [0.25, 0.3) is 10.1 Å². The van der Waals surface area contributed by atoms with Crippen molar-refractivity contribution in [1.29, 1.82) is 0 Å². The Hall–Kier alpha value is -2.97. The number of benzene rings is 1. The first-order valence-corrected chi connectivity index (χ1v) is 18.4. The van der Waals surface area contributed by atoms with Crippen LogP contribution in [0.2, 0.25) is 0 Å². The summed E-state index contributed by atoms with van der Waals surface area (Å²) in [7, 11) is -4.13. The van der Waals surface area contributed by atoms with E-state index in [1.54, 1.807) is 21.8 Å². The van der Waals surface area contributed by atoms with Gasteiger partial charge in [-0.25, -0.2) is 0 Å². The van der Waals surface area contributed by atoms with E-state index in [1.807, 2.05) is 0 Å². The fraction of sp³-hybridized carbons (Fsp3) is 0.613. The summed E-state index contributed by atoms with van der Waals surface area (Å²) in [5.74, 6) is -0.608. The van der Waals surface area contributed by atoms with Crippen LogP contribution in [-0.4, -0.2) is 106 Å². The highest BCUT2D eigenvalue weighted by Gasteiger charge is 2.53. The molecule has 1 saturated carbocycles. The lowest BCUT2D eigenvalue weighted by atomic mass is 9.96. The first-order valence-electron chi connectivity index (χ1n) is 16.0. The van der Waals surface area contributed by atoms with Crippen molar-refractivity contribution in [3.63, 3.8) is 0 Å². The molecule has 16 heteroatoms. The molecule has 0 bridgehead atoms. The monoisotopic (exact) mass is 694 g/mol. The van der Waals surface area contributed by atoms with Crippen LogP contribution >= 0.6 is 18.9 Å². The molecule has 5 aliphatic rings. The van der Waals surface area contributed by atoms with Gasteiger partial charge >= 0.3 is 13.3 Å². The molecule has 1 aromatic heterocycles. The first kappa shape index (κ1) is 32.6. The molecule has 12 nitrogen and oxygen atoms in total. The van der Waals surface area contributed by atoms with Crippen LogP contribution in [0.5, 0.6) is 0 Å². The highest BCUT2D eigenvalue weighted by Crippen LogP contribution is 2.59. The van der Waals surface area contributed by atoms with Crippen molar-refractivity contribution in [3.8, 4) is 0 Å². The van der Waals surface area contributed by atoms with Crippen molar-refractivity contribution >= 4 is 52.6 Å². The molecule has 5 heterocycles. The van der Waals surface area contributed by atoms with Crippen molar-refractivity contribution in [2.24, 2.45) is 17.8 Å². The van der Waals surface area contributed by atoms with Gasteiger partial charge in [-0.05, 0) is 73.9 Å². The average molecular weight is 695 g/mol. The summed E-state index contributed by atoms with van der Waals surface area (Å²) in [6, 6.07) is 2.88. The van der Waals surface area contributed by atoms with E-state index < -0.39 is 36.8 Å². The number of hydrogen-bond acceptors (Lipinski definition) is 7. The Labute approximate surface area is 273 Å². The van der Waals surface area contributed by atoms with E-state index in [-0.39, 0.29) is 52.0 Å². The van der Waals surface area contributed by atoms with E-state index in [1.165, 1.54) is 12.1 Å². The number of carbonyl (C=O) groups is 4. The Morgan fingerprint density at radius 1 is 1.00 bits per heavy atom. The van der Waals surface area contributed by atoms with Crippen LogP contribution < -0.4 is 5.32 Å². The van der Waals surface area contributed by atoms with Crippen molar-refractivity contribution in [1.82, 2.24) is 20.0 Å². The Bertz CT molecular complexity index is 1680. The molecule has 3 N–H and O–H groups in total. The zero-order valence-electron chi connectivity index (χ0n) is 25.7. The number of likely N-dealkylation sites (tertiary alicyclic amines) is 2. The Kier molecular flexibility index (Phi) is 8.22. The second kappa shape index (κ2) is 11.9. The van der Waals surface area contributed by atoms with Crippen molar-refractivity contribution < 1.29 is 47.0 Å². The standard InChI is InChI=1S/C31H37F2N4O8PS/c1-45-22-6-7-35(15-22)28(39)19-13-36(14-19)30(41)24-4-3-21-10-16-8-17(16)11-23(29(40)37(21)24)34-27(38)26-12-18-9-20(2-5-25(18)47-26)31(32,33)46(42,43)44/h2,5,9,12,16-17,19,21-24H,3-4,6-8,10-11,13-15H2,1H3,(H,34,38)(H2,42,43,44)/t16-,17+,21-,22-,23+,24+/m1/s1. The number of thiophene rings is 1. The number of amides is 4. The third-order valence-electron chi connectivity index (χ3n) is 10.6. The van der Waals surface area contributed by atoms with Gasteiger partial charge in [0.1, 0.15) is 12.1 Å². The van der Waals surface area contributed by atoms with Gasteiger partial charge in [0.25, 0.3) is 5.91 Å². The lowest BCUT2D eigenvalue weighted by Crippen LogP contribution is -2.62. The Morgan fingerprint density at radius 2 is 1.74 bits per heavy atom. The number of methoxy groups -OCH3 is 1. The number of carbonyl (C=O) groups excluding carboxylic acids is 4. The predicted octanol–water partition coefficient (Wildman–Crippen LogP) is 2.72. The molecule has 4 aliphatic heterocycles. The maximum Gasteiger partial charge on any atom is 0.399 e. The second-order valence-electron chi connectivity index (χ2n) is 13.6. The van der Waals surface area contributed by atoms with Crippen molar-refractivity contribution in [2.45, 2.75) is 68.4 Å². The first-order chi connectivity index (χ1) is 22.2. The van der Waals surface area contributed by atoms with Crippen molar-refractivity contribution in [2.75, 3.05) is 33.3 Å². The number of alkyl halides is 2. The summed E-state index contributed by atoms with van der Waals surface area (Å²) in [4.78, 5) is 77.7. The molecule has 1 aromatic carbocycles. The van der Waals surface area contributed by atoms with E-state index in [2.05, 4.69) is 5.32 Å². The van der Waals surface area contributed by atoms with Gasteiger partial charge in [0, 0.05) is 49.6 Å². The summed E-state index contributed by atoms with van der Waals surface area (Å²) in [5.41, 5.74) is -5.24. The summed E-state index contributed by atoms with van der Waals surface area (Å²) < 4.78 is 45.8. The van der Waals surface area contributed by atoms with E-state index in [4.69, 9.17) is 14.5 Å². The van der Waals surface area contributed by atoms with E-state index in [0.717, 1.165) is 42.7 Å². The quantitative estimate of drug-likeness (QED) is 0.374. The highest BCUT2D eigenvalue weighted by atomic mass is 32.1. The third kappa shape index (κ3) is 5.88. The number of nitrogens with zero attached hydrogens (tertiary/aromatic N) is 3. The molecule has 4 amide bonds. The van der Waals surface area contributed by atoms with Gasteiger partial charge in [0.05, 0.1) is 16.9 Å². The van der Waals surface area contributed by atoms with Crippen molar-refractivity contribution in [3.05, 3.63) is 34.7 Å². The maximum absolute atomic E-state index is 14.3. The van der Waals surface area contributed by atoms with E-state index in [9.17, 15) is 32.5 Å². The molecule has 5 fully saturated rings. The van der Waals surface area contributed by atoms with Gasteiger partial charge in [-0.1, -0.05) is 6.07 Å². The molecule has 254 valence electrons.